The van der Waals surface area contributed by atoms with E-state index in [9.17, 15) is 24.3 Å². The van der Waals surface area contributed by atoms with Crippen LogP contribution in [0, 0.1) is 5.92 Å². The highest BCUT2D eigenvalue weighted by Crippen LogP contribution is 2.32. The van der Waals surface area contributed by atoms with Gasteiger partial charge < -0.3 is 30.3 Å². The maximum Gasteiger partial charge on any atom is 0.409 e. The van der Waals surface area contributed by atoms with Crippen LogP contribution in [-0.4, -0.2) is 72.2 Å². The van der Waals surface area contributed by atoms with Crippen LogP contribution in [-0.2, 0) is 14.3 Å². The van der Waals surface area contributed by atoms with Gasteiger partial charge in [-0.05, 0) is 42.7 Å². The van der Waals surface area contributed by atoms with Crippen LogP contribution >= 0.6 is 0 Å². The van der Waals surface area contributed by atoms with Crippen LogP contribution in [0.5, 0.6) is 0 Å². The number of amides is 3. The van der Waals surface area contributed by atoms with Crippen molar-refractivity contribution in [3.05, 3.63) is 53.9 Å². The molecule has 0 bridgehead atoms. The van der Waals surface area contributed by atoms with Crippen LogP contribution in [0.15, 0.2) is 42.7 Å². The third kappa shape index (κ3) is 6.35. The highest BCUT2D eigenvalue weighted by molar-refractivity contribution is 6.01. The Labute approximate surface area is 214 Å². The molecule has 11 nitrogen and oxygen atoms in total. The minimum absolute atomic E-state index is 0.0490. The van der Waals surface area contributed by atoms with E-state index in [1.807, 2.05) is 0 Å². The number of rotatable bonds is 8. The molecule has 0 spiro atoms. The smallest absolute Gasteiger partial charge is 0.409 e. The predicted octanol–water partition coefficient (Wildman–Crippen LogP) is 2.65. The number of benzene rings is 1. The molecule has 196 valence electrons. The van der Waals surface area contributed by atoms with E-state index < -0.39 is 17.9 Å². The molecule has 4 rings (SSSR count). The topological polar surface area (TPSA) is 141 Å². The lowest BCUT2D eigenvalue weighted by atomic mass is 9.85. The fraction of sp³-hybridized carbons (Fsp3) is 0.423. The third-order valence-electron chi connectivity index (χ3n) is 6.82. The monoisotopic (exact) mass is 509 g/mol. The van der Waals surface area contributed by atoms with Gasteiger partial charge in [0.1, 0.15) is 0 Å². The van der Waals surface area contributed by atoms with Crippen molar-refractivity contribution in [1.29, 1.82) is 0 Å². The molecule has 2 aliphatic rings. The van der Waals surface area contributed by atoms with E-state index in [2.05, 4.69) is 20.5 Å². The Morgan fingerprint density at radius 2 is 1.89 bits per heavy atom. The summed E-state index contributed by atoms with van der Waals surface area (Å²) in [7, 11) is 1.35. The number of ether oxygens (including phenoxy) is 1. The van der Waals surface area contributed by atoms with Crippen molar-refractivity contribution in [3.8, 4) is 0 Å². The average molecular weight is 510 g/mol. The van der Waals surface area contributed by atoms with Crippen LogP contribution < -0.4 is 15.5 Å². The number of nitrogens with one attached hydrogen (secondary N) is 2. The van der Waals surface area contributed by atoms with Gasteiger partial charge in [-0.3, -0.25) is 19.4 Å². The molecule has 2 heterocycles. The number of piperazine rings is 1. The molecular weight excluding hydrogens is 478 g/mol. The number of carboxylic acids is 1. The Morgan fingerprint density at radius 3 is 2.49 bits per heavy atom. The molecule has 1 atom stereocenters. The predicted molar refractivity (Wildman–Crippen MR) is 135 cm³/mol. The second-order valence-corrected chi connectivity index (χ2v) is 9.20. The number of aromatic nitrogens is 1. The van der Waals surface area contributed by atoms with Gasteiger partial charge in [0, 0.05) is 50.1 Å². The van der Waals surface area contributed by atoms with E-state index >= 15 is 0 Å². The third-order valence-corrected chi connectivity index (χ3v) is 6.82. The minimum atomic E-state index is -1.05. The van der Waals surface area contributed by atoms with E-state index in [4.69, 9.17) is 4.74 Å². The highest BCUT2D eigenvalue weighted by Gasteiger charge is 2.28. The second kappa shape index (κ2) is 11.7. The molecular formula is C26H31N5O6. The van der Waals surface area contributed by atoms with Crippen molar-refractivity contribution < 1.29 is 29.0 Å². The SMILES string of the molecule is COC(=O)N1CCN(c2ccc(C(=O)NC(CC(=O)O)c3cccnc3)cc2NC(=O)C2CCC2)CC1. The Morgan fingerprint density at radius 1 is 1.14 bits per heavy atom. The normalized spacial score (nSPS) is 16.4. The number of carbonyl (C=O) groups excluding carboxylic acids is 3. The molecule has 1 saturated heterocycles. The lowest BCUT2D eigenvalue weighted by molar-refractivity contribution is -0.137. The summed E-state index contributed by atoms with van der Waals surface area (Å²) < 4.78 is 4.81. The number of nitrogens with zero attached hydrogens (tertiary/aromatic N) is 3. The quantitative estimate of drug-likeness (QED) is 0.493. The van der Waals surface area contributed by atoms with Crippen molar-refractivity contribution >= 4 is 35.3 Å². The molecule has 1 aromatic heterocycles. The van der Waals surface area contributed by atoms with Gasteiger partial charge in [-0.15, -0.1) is 0 Å². The summed E-state index contributed by atoms with van der Waals surface area (Å²) in [6.07, 6.45) is 5.10. The van der Waals surface area contributed by atoms with E-state index in [-0.39, 0.29) is 24.3 Å². The number of aliphatic carboxylic acids is 1. The number of hydrogen-bond donors (Lipinski definition) is 3. The number of anilines is 2. The van der Waals surface area contributed by atoms with Crippen molar-refractivity contribution in [2.24, 2.45) is 5.92 Å². The molecule has 3 amide bonds. The first-order chi connectivity index (χ1) is 17.9. The van der Waals surface area contributed by atoms with E-state index in [1.165, 1.54) is 13.3 Å². The summed E-state index contributed by atoms with van der Waals surface area (Å²) in [5.74, 6) is -1.65. The van der Waals surface area contributed by atoms with Crippen molar-refractivity contribution in [1.82, 2.24) is 15.2 Å². The molecule has 2 aromatic rings. The summed E-state index contributed by atoms with van der Waals surface area (Å²) >= 11 is 0. The molecule has 1 aliphatic carbocycles. The standard InChI is InChI=1S/C26H31N5O6/c1-37-26(36)31-12-10-30(11-13-31)22-8-7-18(14-21(22)29-24(34)17-4-2-5-17)25(35)28-20(15-23(32)33)19-6-3-9-27-16-19/h3,6-9,14,16-17,20H,2,4-5,10-13,15H2,1H3,(H,28,35)(H,29,34)(H,32,33). The second-order valence-electron chi connectivity index (χ2n) is 9.20. The number of methoxy groups -OCH3 is 1. The van der Waals surface area contributed by atoms with Gasteiger partial charge in [-0.1, -0.05) is 12.5 Å². The molecule has 37 heavy (non-hydrogen) atoms. The minimum Gasteiger partial charge on any atom is -0.481 e. The van der Waals surface area contributed by atoms with Crippen molar-refractivity contribution in [3.63, 3.8) is 0 Å². The zero-order valence-electron chi connectivity index (χ0n) is 20.7. The summed E-state index contributed by atoms with van der Waals surface area (Å²) in [4.78, 5) is 57.0. The lowest BCUT2D eigenvalue weighted by Crippen LogP contribution is -2.49. The summed E-state index contributed by atoms with van der Waals surface area (Å²) in [5, 5.41) is 15.1. The summed E-state index contributed by atoms with van der Waals surface area (Å²) in [6.45, 7) is 2.00. The maximum atomic E-state index is 13.2. The van der Waals surface area contributed by atoms with E-state index in [1.54, 1.807) is 41.4 Å². The molecule has 1 unspecified atom stereocenters. The van der Waals surface area contributed by atoms with Crippen molar-refractivity contribution in [2.45, 2.75) is 31.7 Å². The Kier molecular flexibility index (Phi) is 8.22. The van der Waals surface area contributed by atoms with Gasteiger partial charge in [-0.25, -0.2) is 4.79 Å². The fourth-order valence-corrected chi connectivity index (χ4v) is 4.47. The highest BCUT2D eigenvalue weighted by atomic mass is 16.5. The van der Waals surface area contributed by atoms with Crippen LogP contribution in [0.2, 0.25) is 0 Å². The maximum absolute atomic E-state index is 13.2. The number of carboxylic acid groups (broad SMARTS) is 1. The number of pyridine rings is 1. The van der Waals surface area contributed by atoms with Crippen LogP contribution in [0.3, 0.4) is 0 Å². The fourth-order valence-electron chi connectivity index (χ4n) is 4.47. The molecule has 1 saturated carbocycles. The van der Waals surface area contributed by atoms with E-state index in [0.29, 0.717) is 43.0 Å². The summed E-state index contributed by atoms with van der Waals surface area (Å²) in [5.41, 5.74) is 2.13. The van der Waals surface area contributed by atoms with Crippen LogP contribution in [0.25, 0.3) is 0 Å². The molecule has 3 N–H and O–H groups in total. The van der Waals surface area contributed by atoms with Gasteiger partial charge in [0.25, 0.3) is 5.91 Å². The molecule has 2 fully saturated rings. The van der Waals surface area contributed by atoms with Crippen LogP contribution in [0.1, 0.15) is 47.6 Å². The molecule has 0 radical (unpaired) electrons. The summed E-state index contributed by atoms with van der Waals surface area (Å²) in [6, 6.07) is 7.67. The Bertz CT molecular complexity index is 1150. The van der Waals surface area contributed by atoms with Gasteiger partial charge >= 0.3 is 12.1 Å². The van der Waals surface area contributed by atoms with Crippen molar-refractivity contribution in [2.75, 3.05) is 43.5 Å². The van der Waals surface area contributed by atoms with Gasteiger partial charge in [0.15, 0.2) is 0 Å². The molecule has 11 heteroatoms. The first-order valence-electron chi connectivity index (χ1n) is 12.3. The van der Waals surface area contributed by atoms with Gasteiger partial charge in [-0.2, -0.15) is 0 Å². The zero-order valence-corrected chi connectivity index (χ0v) is 20.7. The van der Waals surface area contributed by atoms with Gasteiger partial charge in [0.05, 0.1) is 30.9 Å². The van der Waals surface area contributed by atoms with E-state index in [0.717, 1.165) is 24.9 Å². The average Bonchev–Trinajstić information content (AvgIpc) is 2.87. The van der Waals surface area contributed by atoms with Gasteiger partial charge in [0.2, 0.25) is 5.91 Å². The van der Waals surface area contributed by atoms with Crippen LogP contribution in [0.4, 0.5) is 16.2 Å². The Balaban J connectivity index is 1.56. The largest absolute Gasteiger partial charge is 0.481 e. The number of carbonyl (C=O) groups is 4. The molecule has 1 aromatic carbocycles. The molecule has 1 aliphatic heterocycles. The first kappa shape index (κ1) is 25.9. The Hall–Kier alpha value is -4.15. The lowest BCUT2D eigenvalue weighted by Gasteiger charge is -2.36. The first-order valence-corrected chi connectivity index (χ1v) is 12.3. The number of hydrogen-bond acceptors (Lipinski definition) is 7. The zero-order chi connectivity index (χ0) is 26.4.